The number of ether oxygens (including phenoxy) is 1. The van der Waals surface area contributed by atoms with E-state index in [2.05, 4.69) is 20.9 Å². The van der Waals surface area contributed by atoms with Crippen LogP contribution in [0, 0.1) is 29.6 Å². The number of carbonyl (C=O) groups is 4. The van der Waals surface area contributed by atoms with Gasteiger partial charge in [-0.3, -0.25) is 28.9 Å². The number of halogens is 1. The van der Waals surface area contributed by atoms with Gasteiger partial charge in [-0.2, -0.15) is 0 Å². The molecular formula is C32H36BrN3O7S2. The number of amides is 3. The molecule has 10 nitrogen and oxygen atoms in total. The Balaban J connectivity index is 1.17. The van der Waals surface area contributed by atoms with Gasteiger partial charge in [-0.05, 0) is 74.5 Å². The number of imide groups is 1. The molecule has 3 amide bonds. The van der Waals surface area contributed by atoms with Crippen LogP contribution in [0.25, 0.3) is 0 Å². The number of unbranched alkanes of at least 4 members (excludes halogenated alkanes) is 2. The number of piperidine rings is 1. The second kappa shape index (κ2) is 12.5. The maximum atomic E-state index is 13.9. The number of hydrogen-bond donors (Lipinski definition) is 2. The highest BCUT2D eigenvalue weighted by Gasteiger charge is 2.69. The number of nitrogens with one attached hydrogen (secondary N) is 1. The zero-order valence-electron chi connectivity index (χ0n) is 24.7. The average molecular weight is 719 g/mol. The Labute approximate surface area is 277 Å². The Morgan fingerprint density at radius 2 is 1.78 bits per heavy atom. The standard InChI is InChI=1S/C32H36BrN3O7S2/c33-16-8-9-20(43-15-21(37)35-10-4-2-5-11-35)17(13-16)23-24-18-14-19(27(24)44-29-28(23)45-32(42)34-29)26-25(18)30(40)36(31(26)41)12-6-1-3-7-22(38)39/h8-9,13,18-19,23-27H,1-7,10-12,14-15H2,(H,34,42)(H,38,39)/t18?,19?,23-,24?,25?,26?,27?/m1/s1. The van der Waals surface area contributed by atoms with E-state index in [4.69, 9.17) is 9.84 Å². The average Bonchev–Trinajstić information content (AvgIpc) is 3.76. The van der Waals surface area contributed by atoms with E-state index in [-0.39, 0.29) is 76.4 Å². The van der Waals surface area contributed by atoms with Gasteiger partial charge in [-0.1, -0.05) is 33.7 Å². The molecule has 2 saturated heterocycles. The minimum Gasteiger partial charge on any atom is -0.483 e. The first-order chi connectivity index (χ1) is 21.7. The molecule has 2 saturated carbocycles. The molecule has 13 heteroatoms. The number of carboxylic acid groups (broad SMARTS) is 1. The summed E-state index contributed by atoms with van der Waals surface area (Å²) in [4.78, 5) is 71.3. The highest BCUT2D eigenvalue weighted by molar-refractivity contribution is 9.10. The first-order valence-corrected chi connectivity index (χ1v) is 18.4. The topological polar surface area (TPSA) is 137 Å². The van der Waals surface area contributed by atoms with Crippen molar-refractivity contribution in [2.24, 2.45) is 29.6 Å². The summed E-state index contributed by atoms with van der Waals surface area (Å²) in [6, 6.07) is 5.78. The highest BCUT2D eigenvalue weighted by Crippen LogP contribution is 2.69. The molecule has 7 atom stereocenters. The van der Waals surface area contributed by atoms with Gasteiger partial charge in [-0.15, -0.1) is 11.8 Å². The van der Waals surface area contributed by atoms with Crippen molar-refractivity contribution in [3.63, 3.8) is 0 Å². The van der Waals surface area contributed by atoms with Crippen LogP contribution in [0.3, 0.4) is 0 Å². The molecule has 45 heavy (non-hydrogen) atoms. The number of carbonyl (C=O) groups excluding carboxylic acids is 3. The summed E-state index contributed by atoms with van der Waals surface area (Å²) in [6.07, 6.45) is 5.77. The molecule has 4 heterocycles. The fourth-order valence-corrected chi connectivity index (χ4v) is 11.9. The van der Waals surface area contributed by atoms with Gasteiger partial charge in [0.05, 0.1) is 16.9 Å². The highest BCUT2D eigenvalue weighted by atomic mass is 79.9. The monoisotopic (exact) mass is 717 g/mol. The minimum atomic E-state index is -0.841. The molecule has 2 bridgehead atoms. The lowest BCUT2D eigenvalue weighted by molar-refractivity contribution is -0.141. The van der Waals surface area contributed by atoms with E-state index in [1.54, 1.807) is 11.8 Å². The molecule has 2 aliphatic carbocycles. The van der Waals surface area contributed by atoms with Crippen LogP contribution in [-0.2, 0) is 19.2 Å². The molecule has 0 radical (unpaired) electrons. The summed E-state index contributed by atoms with van der Waals surface area (Å²) in [5, 5.41) is 9.80. The number of rotatable bonds is 10. The Kier molecular flexibility index (Phi) is 8.62. The van der Waals surface area contributed by atoms with Gasteiger partial charge >= 0.3 is 10.8 Å². The molecule has 0 spiro atoms. The zero-order chi connectivity index (χ0) is 31.4. The SMILES string of the molecule is O=C(O)CCCCCN1C(=O)C2C3CC(C2C1=O)C1C3Sc2[nH]c(=O)sc2[C@@H]1c1cc(Br)ccc1OCC(=O)N1CCCCC1. The molecule has 4 fully saturated rings. The Morgan fingerprint density at radius 3 is 2.53 bits per heavy atom. The Bertz CT molecular complexity index is 1590. The number of thioether (sulfide) groups is 1. The van der Waals surface area contributed by atoms with Crippen LogP contribution < -0.4 is 9.61 Å². The minimum absolute atomic E-state index is 0.0136. The van der Waals surface area contributed by atoms with E-state index < -0.39 is 5.97 Å². The van der Waals surface area contributed by atoms with E-state index in [0.717, 1.165) is 58.7 Å². The number of hydrogen-bond acceptors (Lipinski definition) is 8. The van der Waals surface area contributed by atoms with E-state index in [0.29, 0.717) is 31.6 Å². The van der Waals surface area contributed by atoms with Crippen molar-refractivity contribution >= 4 is 62.7 Å². The van der Waals surface area contributed by atoms with Gasteiger partial charge in [0.15, 0.2) is 6.61 Å². The van der Waals surface area contributed by atoms with Crippen LogP contribution in [0.2, 0.25) is 0 Å². The molecular weight excluding hydrogens is 682 g/mol. The summed E-state index contributed by atoms with van der Waals surface area (Å²) in [5.41, 5.74) is 0.888. The van der Waals surface area contributed by atoms with Crippen LogP contribution >= 0.6 is 39.0 Å². The van der Waals surface area contributed by atoms with Crippen LogP contribution in [0.1, 0.15) is 67.7 Å². The van der Waals surface area contributed by atoms with Crippen molar-refractivity contribution in [3.8, 4) is 5.75 Å². The van der Waals surface area contributed by atoms with Crippen LogP contribution in [0.15, 0.2) is 32.5 Å². The van der Waals surface area contributed by atoms with Crippen molar-refractivity contribution in [3.05, 3.63) is 42.8 Å². The summed E-state index contributed by atoms with van der Waals surface area (Å²) in [7, 11) is 0. The van der Waals surface area contributed by atoms with Gasteiger partial charge < -0.3 is 19.7 Å². The molecule has 2 N–H and O–H groups in total. The number of aromatic amines is 1. The summed E-state index contributed by atoms with van der Waals surface area (Å²) in [6.45, 7) is 1.76. The van der Waals surface area contributed by atoms with Crippen molar-refractivity contribution in [2.75, 3.05) is 26.2 Å². The molecule has 7 rings (SSSR count). The largest absolute Gasteiger partial charge is 0.483 e. The smallest absolute Gasteiger partial charge is 0.305 e. The number of fused-ring (bicyclic) bond motifs is 9. The summed E-state index contributed by atoms with van der Waals surface area (Å²) >= 11 is 6.47. The predicted octanol–water partition coefficient (Wildman–Crippen LogP) is 4.71. The van der Waals surface area contributed by atoms with E-state index in [1.807, 2.05) is 23.1 Å². The number of thiazole rings is 1. The molecule has 5 aliphatic rings. The number of nitrogens with zero attached hydrogens (tertiary/aromatic N) is 2. The van der Waals surface area contributed by atoms with Crippen LogP contribution in [0.5, 0.6) is 5.75 Å². The van der Waals surface area contributed by atoms with Gasteiger partial charge in [0.1, 0.15) is 5.75 Å². The fourth-order valence-electron chi connectivity index (χ4n) is 8.64. The molecule has 6 unspecified atom stereocenters. The molecule has 1 aromatic carbocycles. The number of aromatic nitrogens is 1. The third kappa shape index (κ3) is 5.56. The first-order valence-electron chi connectivity index (χ1n) is 15.9. The third-order valence-corrected chi connectivity index (χ3v) is 13.5. The Hall–Kier alpha value is -2.64. The predicted molar refractivity (Wildman–Crippen MR) is 171 cm³/mol. The lowest BCUT2D eigenvalue weighted by atomic mass is 9.68. The van der Waals surface area contributed by atoms with E-state index in [9.17, 15) is 24.0 Å². The lowest BCUT2D eigenvalue weighted by Gasteiger charge is -2.43. The maximum Gasteiger partial charge on any atom is 0.305 e. The van der Waals surface area contributed by atoms with Crippen LogP contribution in [-0.4, -0.2) is 75.1 Å². The number of aliphatic carboxylic acids is 1. The van der Waals surface area contributed by atoms with Crippen molar-refractivity contribution in [1.29, 1.82) is 0 Å². The summed E-state index contributed by atoms with van der Waals surface area (Å²) < 4.78 is 7.12. The number of H-pyrrole nitrogens is 1. The van der Waals surface area contributed by atoms with E-state index in [1.165, 1.54) is 16.2 Å². The normalized spacial score (nSPS) is 29.9. The van der Waals surface area contributed by atoms with Crippen molar-refractivity contribution in [1.82, 2.24) is 14.8 Å². The third-order valence-electron chi connectivity index (χ3n) is 10.5. The second-order valence-electron chi connectivity index (χ2n) is 12.9. The fraction of sp³-hybridized carbons (Fsp3) is 0.594. The quantitative estimate of drug-likeness (QED) is 0.267. The number of benzene rings is 1. The number of likely N-dealkylation sites (tertiary alicyclic amines) is 2. The molecule has 1 aromatic heterocycles. The van der Waals surface area contributed by atoms with Gasteiger partial charge in [0, 0.05) is 52.1 Å². The molecule has 240 valence electrons. The Morgan fingerprint density at radius 1 is 1.02 bits per heavy atom. The van der Waals surface area contributed by atoms with Crippen molar-refractivity contribution < 1.29 is 29.0 Å². The van der Waals surface area contributed by atoms with Crippen molar-refractivity contribution in [2.45, 2.75) is 67.6 Å². The van der Waals surface area contributed by atoms with Gasteiger partial charge in [0.25, 0.3) is 5.91 Å². The van der Waals surface area contributed by atoms with Gasteiger partial charge in [0.2, 0.25) is 11.8 Å². The zero-order valence-corrected chi connectivity index (χ0v) is 28.0. The second-order valence-corrected chi connectivity index (χ2v) is 16.0. The maximum absolute atomic E-state index is 13.9. The summed E-state index contributed by atoms with van der Waals surface area (Å²) in [5.74, 6) is -1.45. The van der Waals surface area contributed by atoms with Gasteiger partial charge in [-0.25, -0.2) is 0 Å². The lowest BCUT2D eigenvalue weighted by Crippen LogP contribution is -2.43. The number of carboxylic acids is 1. The molecule has 2 aromatic rings. The molecule has 3 aliphatic heterocycles. The van der Waals surface area contributed by atoms with E-state index >= 15 is 0 Å². The van der Waals surface area contributed by atoms with Crippen LogP contribution in [0.4, 0.5) is 0 Å². The first kappa shape index (κ1) is 31.0.